The Morgan fingerprint density at radius 2 is 2.06 bits per heavy atom. The monoisotopic (exact) mass is 232 g/mol. The van der Waals surface area contributed by atoms with Gasteiger partial charge >= 0.3 is 0 Å². The van der Waals surface area contributed by atoms with Gasteiger partial charge in [-0.15, -0.1) is 0 Å². The van der Waals surface area contributed by atoms with Crippen LogP contribution >= 0.6 is 0 Å². The second kappa shape index (κ2) is 2.79. The van der Waals surface area contributed by atoms with E-state index >= 15 is 0 Å². The van der Waals surface area contributed by atoms with E-state index < -0.39 is 16.7 Å². The van der Waals surface area contributed by atoms with Gasteiger partial charge in [-0.1, -0.05) is 6.92 Å². The Labute approximate surface area is 98.6 Å². The summed E-state index contributed by atoms with van der Waals surface area (Å²) in [6.45, 7) is 2.67. The van der Waals surface area contributed by atoms with E-state index in [9.17, 15) is 10.5 Å². The zero-order valence-corrected chi connectivity index (χ0v) is 9.43. The number of rotatable bonds is 1. The normalized spacial score (nSPS) is 44.9. The van der Waals surface area contributed by atoms with Crippen molar-refractivity contribution in [1.29, 1.82) is 10.5 Å². The van der Waals surface area contributed by atoms with E-state index in [0.29, 0.717) is 19.6 Å². The van der Waals surface area contributed by atoms with Gasteiger partial charge in [0.2, 0.25) is 0 Å². The van der Waals surface area contributed by atoms with Crippen LogP contribution in [0.4, 0.5) is 0 Å². The number of nitrogens with zero attached hydrogens (tertiary/aromatic N) is 3. The highest BCUT2D eigenvalue weighted by molar-refractivity contribution is 5.98. The van der Waals surface area contributed by atoms with E-state index in [-0.39, 0.29) is 11.8 Å². The molecule has 0 unspecified atom stereocenters. The molecule has 17 heavy (non-hydrogen) atoms. The third kappa shape index (κ3) is 0.744. The largest absolute Gasteiger partial charge is 0.386 e. The average molecular weight is 232 g/mol. The average Bonchev–Trinajstić information content (AvgIpc) is 2.59. The van der Waals surface area contributed by atoms with Crippen molar-refractivity contribution in [3.8, 4) is 12.1 Å². The van der Waals surface area contributed by atoms with Gasteiger partial charge in [0.25, 0.3) is 5.91 Å². The quantitative estimate of drug-likeness (QED) is 0.691. The molecule has 3 aliphatic rings. The number of hydrogen-bond acceptors (Lipinski definition) is 6. The lowest BCUT2D eigenvalue weighted by Crippen LogP contribution is -2.39. The molecule has 1 saturated heterocycles. The Balaban J connectivity index is 2.20. The summed E-state index contributed by atoms with van der Waals surface area (Å²) < 4.78 is 11.0. The van der Waals surface area contributed by atoms with Crippen LogP contribution in [0.5, 0.6) is 0 Å². The third-order valence-electron chi connectivity index (χ3n) is 4.19. The number of hydrogen-bond donors (Lipinski definition) is 1. The maximum Gasteiger partial charge on any atom is 0.293 e. The summed E-state index contributed by atoms with van der Waals surface area (Å²) in [6, 6.07) is 4.37. The predicted octanol–water partition coefficient (Wildman–Crippen LogP) is 0.118. The Morgan fingerprint density at radius 1 is 1.41 bits per heavy atom. The molecule has 2 heterocycles. The first-order valence-electron chi connectivity index (χ1n) is 5.61. The van der Waals surface area contributed by atoms with Crippen LogP contribution in [0, 0.1) is 39.4 Å². The molecule has 0 aromatic rings. The number of aliphatic imine (C=N–C) groups is 1. The number of ether oxygens (including phenoxy) is 2. The molecule has 1 spiro atoms. The number of nitriles is 2. The van der Waals surface area contributed by atoms with Gasteiger partial charge in [0.05, 0.1) is 25.4 Å². The van der Waals surface area contributed by atoms with Crippen LogP contribution < -0.4 is 5.73 Å². The Kier molecular flexibility index (Phi) is 1.72. The summed E-state index contributed by atoms with van der Waals surface area (Å²) in [5, 5.41) is 18.9. The molecule has 2 aliphatic heterocycles. The molecule has 6 heteroatoms. The summed E-state index contributed by atoms with van der Waals surface area (Å²) in [4.78, 5) is 4.14. The number of nitrogens with two attached hydrogens (primary N) is 1. The minimum absolute atomic E-state index is 0.166. The van der Waals surface area contributed by atoms with E-state index in [4.69, 9.17) is 15.2 Å². The molecule has 0 amide bonds. The van der Waals surface area contributed by atoms with Crippen LogP contribution in [0.2, 0.25) is 0 Å². The second-order valence-electron chi connectivity index (χ2n) is 4.58. The molecular formula is C11H12N4O2. The van der Waals surface area contributed by atoms with E-state index in [1.54, 1.807) is 0 Å². The molecule has 3 atom stereocenters. The fourth-order valence-electron chi connectivity index (χ4n) is 3.50. The molecule has 88 valence electrons. The van der Waals surface area contributed by atoms with E-state index in [1.165, 1.54) is 0 Å². The van der Waals surface area contributed by atoms with Crippen LogP contribution in [-0.2, 0) is 9.47 Å². The van der Waals surface area contributed by atoms with Crippen LogP contribution in [0.1, 0.15) is 13.3 Å². The van der Waals surface area contributed by atoms with Gasteiger partial charge < -0.3 is 15.2 Å². The van der Waals surface area contributed by atoms with E-state index in [0.717, 1.165) is 0 Å². The minimum atomic E-state index is -1.34. The minimum Gasteiger partial charge on any atom is -0.386 e. The van der Waals surface area contributed by atoms with Gasteiger partial charge in [-0.2, -0.15) is 10.5 Å². The van der Waals surface area contributed by atoms with Crippen LogP contribution in [0.3, 0.4) is 0 Å². The molecule has 0 bridgehead atoms. The van der Waals surface area contributed by atoms with Crippen molar-refractivity contribution in [2.75, 3.05) is 13.2 Å². The van der Waals surface area contributed by atoms with Crippen molar-refractivity contribution in [2.24, 2.45) is 27.5 Å². The molecule has 0 radical (unpaired) electrons. The van der Waals surface area contributed by atoms with Crippen molar-refractivity contribution >= 4 is 5.84 Å². The molecule has 1 saturated carbocycles. The smallest absolute Gasteiger partial charge is 0.293 e. The lowest BCUT2D eigenvalue weighted by molar-refractivity contribution is -0.186. The highest BCUT2D eigenvalue weighted by atomic mass is 16.8. The van der Waals surface area contributed by atoms with E-state index in [2.05, 4.69) is 17.1 Å². The first-order valence-corrected chi connectivity index (χ1v) is 5.61. The van der Waals surface area contributed by atoms with Gasteiger partial charge in [-0.05, 0) is 6.42 Å². The molecule has 3 rings (SSSR count). The summed E-state index contributed by atoms with van der Waals surface area (Å²) in [5.41, 5.74) is 3.77. The van der Waals surface area contributed by atoms with Crippen molar-refractivity contribution in [3.05, 3.63) is 0 Å². The molecular weight excluding hydrogens is 220 g/mol. The van der Waals surface area contributed by atoms with E-state index in [1.807, 2.05) is 6.92 Å². The Bertz CT molecular complexity index is 497. The zero-order chi connectivity index (χ0) is 12.3. The van der Waals surface area contributed by atoms with Gasteiger partial charge in [0.1, 0.15) is 11.3 Å². The molecule has 1 aliphatic carbocycles. The topological polar surface area (TPSA) is 104 Å². The molecule has 6 nitrogen and oxygen atoms in total. The summed E-state index contributed by atoms with van der Waals surface area (Å²) in [7, 11) is 0. The zero-order valence-electron chi connectivity index (χ0n) is 9.43. The third-order valence-corrected chi connectivity index (χ3v) is 4.19. The SMILES string of the molecule is CC[C@H]1[C@]2(C#N)C(N)=NC3(OCCO3)[C@]12C#N. The van der Waals surface area contributed by atoms with Gasteiger partial charge in [0, 0.05) is 5.92 Å². The Morgan fingerprint density at radius 3 is 2.47 bits per heavy atom. The lowest BCUT2D eigenvalue weighted by atomic mass is 9.94. The number of amidine groups is 1. The van der Waals surface area contributed by atoms with Crippen LogP contribution in [0.25, 0.3) is 0 Å². The highest BCUT2D eigenvalue weighted by Gasteiger charge is 2.93. The Hall–Kier alpha value is -1.63. The van der Waals surface area contributed by atoms with Crippen molar-refractivity contribution in [2.45, 2.75) is 19.3 Å². The maximum absolute atomic E-state index is 9.52. The molecule has 2 N–H and O–H groups in total. The molecule has 2 fully saturated rings. The number of fused-ring (bicyclic) bond motifs is 2. The van der Waals surface area contributed by atoms with Crippen LogP contribution in [-0.4, -0.2) is 25.0 Å². The molecule has 0 aromatic carbocycles. The van der Waals surface area contributed by atoms with Crippen LogP contribution in [0.15, 0.2) is 4.99 Å². The molecule has 0 aromatic heterocycles. The summed E-state index contributed by atoms with van der Waals surface area (Å²) in [6.07, 6.45) is 0.672. The van der Waals surface area contributed by atoms with Crippen molar-refractivity contribution in [1.82, 2.24) is 0 Å². The van der Waals surface area contributed by atoms with Crippen molar-refractivity contribution in [3.63, 3.8) is 0 Å². The predicted molar refractivity (Wildman–Crippen MR) is 56.1 cm³/mol. The fourth-order valence-corrected chi connectivity index (χ4v) is 3.50. The highest BCUT2D eigenvalue weighted by Crippen LogP contribution is 2.79. The van der Waals surface area contributed by atoms with Crippen molar-refractivity contribution < 1.29 is 9.47 Å². The second-order valence-corrected chi connectivity index (χ2v) is 4.58. The van der Waals surface area contributed by atoms with Gasteiger partial charge in [-0.3, -0.25) is 0 Å². The maximum atomic E-state index is 9.52. The van der Waals surface area contributed by atoms with Gasteiger partial charge in [0.15, 0.2) is 5.41 Å². The lowest BCUT2D eigenvalue weighted by Gasteiger charge is -2.25. The van der Waals surface area contributed by atoms with Gasteiger partial charge in [-0.25, -0.2) is 4.99 Å². The summed E-state index contributed by atoms with van der Waals surface area (Å²) >= 11 is 0. The summed E-state index contributed by atoms with van der Waals surface area (Å²) in [5.74, 6) is -1.33. The fraction of sp³-hybridized carbons (Fsp3) is 0.727. The first-order chi connectivity index (χ1) is 8.15. The first kappa shape index (κ1) is 10.5. The standard InChI is InChI=1S/C11H12N4O2/c1-2-7-9(5-12)8(14)15-11(10(7,9)6-13)16-3-4-17-11/h7H,2-4H2,1H3,(H2,14,15)/t7-,9+,10+/m0/s1.